The number of hydrogen-bond acceptors (Lipinski definition) is 3. The monoisotopic (exact) mass is 282 g/mol. The summed E-state index contributed by atoms with van der Waals surface area (Å²) in [6.45, 7) is 10.1. The Hall–Kier alpha value is -0.810. The molecule has 2 rings (SSSR count). The fraction of sp³-hybridized carbons (Fsp3) is 0.933. The predicted octanol–water partition coefficient (Wildman–Crippen LogP) is 1.20. The molecule has 0 bridgehead atoms. The van der Waals surface area contributed by atoms with Gasteiger partial charge in [0, 0.05) is 25.7 Å². The first kappa shape index (κ1) is 15.6. The van der Waals surface area contributed by atoms with Gasteiger partial charge < -0.3 is 15.4 Å². The summed E-state index contributed by atoms with van der Waals surface area (Å²) in [4.78, 5) is 7.24. The zero-order chi connectivity index (χ0) is 14.2. The van der Waals surface area contributed by atoms with Gasteiger partial charge in [-0.1, -0.05) is 13.3 Å². The maximum atomic E-state index is 5.94. The molecule has 0 aromatic rings. The van der Waals surface area contributed by atoms with Gasteiger partial charge in [0.25, 0.3) is 0 Å². The highest BCUT2D eigenvalue weighted by molar-refractivity contribution is 5.79. The summed E-state index contributed by atoms with van der Waals surface area (Å²) >= 11 is 0. The summed E-state index contributed by atoms with van der Waals surface area (Å²) < 4.78 is 5.94. The number of unbranched alkanes of at least 4 members (excludes halogenated alkanes) is 1. The lowest BCUT2D eigenvalue weighted by Crippen LogP contribution is -2.47. The molecule has 0 aromatic heterocycles. The molecule has 0 aromatic carbocycles. The number of hydrogen-bond donors (Lipinski definition) is 2. The molecule has 0 saturated carbocycles. The third-order valence-corrected chi connectivity index (χ3v) is 4.08. The van der Waals surface area contributed by atoms with E-state index < -0.39 is 0 Å². The first-order valence-corrected chi connectivity index (χ1v) is 8.21. The third kappa shape index (κ3) is 4.63. The van der Waals surface area contributed by atoms with Gasteiger partial charge in [0.15, 0.2) is 5.96 Å². The van der Waals surface area contributed by atoms with Crippen LogP contribution in [0, 0.1) is 0 Å². The average molecular weight is 282 g/mol. The molecule has 2 unspecified atom stereocenters. The van der Waals surface area contributed by atoms with Crippen LogP contribution in [0.15, 0.2) is 4.99 Å². The van der Waals surface area contributed by atoms with Crippen LogP contribution in [0.25, 0.3) is 0 Å². The Labute approximate surface area is 123 Å². The van der Waals surface area contributed by atoms with Crippen molar-refractivity contribution in [1.82, 2.24) is 15.5 Å². The lowest BCUT2D eigenvalue weighted by molar-refractivity contribution is -0.0432. The topological polar surface area (TPSA) is 48.9 Å². The average Bonchev–Trinajstić information content (AvgIpc) is 2.92. The van der Waals surface area contributed by atoms with E-state index in [4.69, 9.17) is 4.74 Å². The molecule has 0 radical (unpaired) electrons. The summed E-state index contributed by atoms with van der Waals surface area (Å²) in [7, 11) is 0. The van der Waals surface area contributed by atoms with Gasteiger partial charge in [0.2, 0.25) is 0 Å². The molecule has 2 N–H and O–H groups in total. The van der Waals surface area contributed by atoms with Crippen LogP contribution in [-0.4, -0.2) is 62.3 Å². The SMILES string of the molecule is CCCCNC(=NCC1CN2CCCC2CO1)NCC. The quantitative estimate of drug-likeness (QED) is 0.437. The van der Waals surface area contributed by atoms with Gasteiger partial charge in [0.1, 0.15) is 0 Å². The van der Waals surface area contributed by atoms with Gasteiger partial charge in [-0.25, -0.2) is 0 Å². The van der Waals surface area contributed by atoms with E-state index >= 15 is 0 Å². The maximum Gasteiger partial charge on any atom is 0.191 e. The van der Waals surface area contributed by atoms with Crippen molar-refractivity contribution in [2.24, 2.45) is 4.99 Å². The van der Waals surface area contributed by atoms with Gasteiger partial charge in [0.05, 0.1) is 19.3 Å². The van der Waals surface area contributed by atoms with E-state index in [2.05, 4.69) is 34.4 Å². The smallest absolute Gasteiger partial charge is 0.191 e. The molecule has 0 aliphatic carbocycles. The molecule has 2 fully saturated rings. The van der Waals surface area contributed by atoms with Gasteiger partial charge >= 0.3 is 0 Å². The van der Waals surface area contributed by atoms with Crippen LogP contribution in [0.2, 0.25) is 0 Å². The van der Waals surface area contributed by atoms with Crippen LogP contribution in [-0.2, 0) is 4.74 Å². The normalized spacial score (nSPS) is 27.4. The van der Waals surface area contributed by atoms with E-state index in [1.54, 1.807) is 0 Å². The lowest BCUT2D eigenvalue weighted by atomic mass is 10.2. The minimum Gasteiger partial charge on any atom is -0.373 e. The van der Waals surface area contributed by atoms with Crippen LogP contribution in [0.1, 0.15) is 39.5 Å². The number of nitrogens with one attached hydrogen (secondary N) is 2. The molecule has 2 aliphatic rings. The molecular weight excluding hydrogens is 252 g/mol. The van der Waals surface area contributed by atoms with E-state index in [1.807, 2.05) is 0 Å². The number of fused-ring (bicyclic) bond motifs is 1. The Bertz CT molecular complexity index is 308. The second-order valence-corrected chi connectivity index (χ2v) is 5.75. The van der Waals surface area contributed by atoms with Gasteiger partial charge in [-0.15, -0.1) is 0 Å². The van der Waals surface area contributed by atoms with Crippen LogP contribution >= 0.6 is 0 Å². The minimum absolute atomic E-state index is 0.256. The molecular formula is C15H30N4O. The molecule has 20 heavy (non-hydrogen) atoms. The van der Waals surface area contributed by atoms with Gasteiger partial charge in [-0.05, 0) is 32.7 Å². The summed E-state index contributed by atoms with van der Waals surface area (Å²) in [6, 6.07) is 0.672. The van der Waals surface area contributed by atoms with Gasteiger partial charge in [-0.2, -0.15) is 0 Å². The first-order valence-electron chi connectivity index (χ1n) is 8.21. The number of morpholine rings is 1. The highest BCUT2D eigenvalue weighted by atomic mass is 16.5. The summed E-state index contributed by atoms with van der Waals surface area (Å²) in [5.74, 6) is 0.924. The van der Waals surface area contributed by atoms with Crippen molar-refractivity contribution >= 4 is 5.96 Å². The summed E-state index contributed by atoms with van der Waals surface area (Å²) in [6.07, 6.45) is 5.27. The number of aliphatic imine (C=N–C) groups is 1. The molecule has 2 saturated heterocycles. The van der Waals surface area contributed by atoms with Crippen molar-refractivity contribution in [2.45, 2.75) is 51.7 Å². The molecule has 2 atom stereocenters. The Morgan fingerprint density at radius 3 is 3.05 bits per heavy atom. The molecule has 116 valence electrons. The zero-order valence-electron chi connectivity index (χ0n) is 13.0. The van der Waals surface area contributed by atoms with Crippen molar-refractivity contribution in [3.63, 3.8) is 0 Å². The second-order valence-electron chi connectivity index (χ2n) is 5.75. The second kappa shape index (κ2) is 8.47. The summed E-state index contributed by atoms with van der Waals surface area (Å²) in [5, 5.41) is 6.67. The number of nitrogens with zero attached hydrogens (tertiary/aromatic N) is 2. The number of guanidine groups is 1. The van der Waals surface area contributed by atoms with Crippen LogP contribution < -0.4 is 10.6 Å². The van der Waals surface area contributed by atoms with Crippen molar-refractivity contribution < 1.29 is 4.74 Å². The molecule has 2 aliphatic heterocycles. The van der Waals surface area contributed by atoms with E-state index in [0.717, 1.165) is 38.7 Å². The Balaban J connectivity index is 1.76. The van der Waals surface area contributed by atoms with E-state index in [0.29, 0.717) is 6.04 Å². The van der Waals surface area contributed by atoms with Crippen molar-refractivity contribution in [1.29, 1.82) is 0 Å². The predicted molar refractivity (Wildman–Crippen MR) is 83.2 cm³/mol. The molecule has 0 spiro atoms. The number of rotatable bonds is 6. The van der Waals surface area contributed by atoms with E-state index in [1.165, 1.54) is 32.2 Å². The molecule has 0 amide bonds. The highest BCUT2D eigenvalue weighted by Gasteiger charge is 2.31. The van der Waals surface area contributed by atoms with Crippen molar-refractivity contribution in [3.8, 4) is 0 Å². The molecule has 5 heteroatoms. The maximum absolute atomic E-state index is 5.94. The van der Waals surface area contributed by atoms with Gasteiger partial charge in [-0.3, -0.25) is 9.89 Å². The first-order chi connectivity index (χ1) is 9.83. The Morgan fingerprint density at radius 1 is 1.35 bits per heavy atom. The third-order valence-electron chi connectivity index (χ3n) is 4.08. The summed E-state index contributed by atoms with van der Waals surface area (Å²) in [5.41, 5.74) is 0. The van der Waals surface area contributed by atoms with Crippen LogP contribution in [0.5, 0.6) is 0 Å². The largest absolute Gasteiger partial charge is 0.373 e. The molecule has 5 nitrogen and oxygen atoms in total. The van der Waals surface area contributed by atoms with Crippen LogP contribution in [0.4, 0.5) is 0 Å². The van der Waals surface area contributed by atoms with Crippen molar-refractivity contribution in [2.75, 3.05) is 39.3 Å². The Morgan fingerprint density at radius 2 is 2.25 bits per heavy atom. The fourth-order valence-electron chi connectivity index (χ4n) is 2.91. The fourth-order valence-corrected chi connectivity index (χ4v) is 2.91. The van der Waals surface area contributed by atoms with Crippen LogP contribution in [0.3, 0.4) is 0 Å². The molecule has 2 heterocycles. The Kier molecular flexibility index (Phi) is 6.60. The number of ether oxygens (including phenoxy) is 1. The standard InChI is InChI=1S/C15H30N4O/c1-3-5-8-17-15(16-4-2)18-10-14-11-19-9-6-7-13(19)12-20-14/h13-14H,3-12H2,1-2H3,(H2,16,17,18). The van der Waals surface area contributed by atoms with Crippen molar-refractivity contribution in [3.05, 3.63) is 0 Å². The zero-order valence-corrected chi connectivity index (χ0v) is 13.0. The van der Waals surface area contributed by atoms with E-state index in [9.17, 15) is 0 Å². The minimum atomic E-state index is 0.256. The lowest BCUT2D eigenvalue weighted by Gasteiger charge is -2.34. The highest BCUT2D eigenvalue weighted by Crippen LogP contribution is 2.22. The van der Waals surface area contributed by atoms with E-state index in [-0.39, 0.29) is 6.10 Å².